The number of hydrogen-bond acceptors (Lipinski definition) is 4. The molecule has 0 saturated heterocycles. The lowest BCUT2D eigenvalue weighted by Crippen LogP contribution is -2.20. The Morgan fingerprint density at radius 3 is 2.80 bits per heavy atom. The van der Waals surface area contributed by atoms with Crippen LogP contribution in [0, 0.1) is 6.92 Å². The number of nitrogens with one attached hydrogen (secondary N) is 1. The molecule has 1 N–H and O–H groups in total. The molecule has 0 aliphatic heterocycles. The number of hydrogen-bond donors (Lipinski definition) is 1. The second-order valence-electron chi connectivity index (χ2n) is 4.89. The number of para-hydroxylation sites is 1. The first-order chi connectivity index (χ1) is 9.69. The van der Waals surface area contributed by atoms with E-state index in [0.29, 0.717) is 0 Å². The topological polar surface area (TPSA) is 60.6 Å². The molecule has 0 aliphatic rings. The van der Waals surface area contributed by atoms with Crippen LogP contribution in [0.2, 0.25) is 0 Å². The standard InChI is InChI=1S/C14H18N6/c1-4-13(15-14-9-10(2)17-19(14)3)20-12-8-6-5-7-11(12)16-18-20/h5-9,13,15H,4H2,1-3H3. The third kappa shape index (κ3) is 2.13. The van der Waals surface area contributed by atoms with E-state index in [1.165, 1.54) is 0 Å². The van der Waals surface area contributed by atoms with Crippen molar-refractivity contribution in [3.05, 3.63) is 36.0 Å². The Balaban J connectivity index is 1.95. The summed E-state index contributed by atoms with van der Waals surface area (Å²) in [6.07, 6.45) is 0.953. The molecule has 0 fully saturated rings. The van der Waals surface area contributed by atoms with Crippen molar-refractivity contribution in [3.63, 3.8) is 0 Å². The Morgan fingerprint density at radius 2 is 2.10 bits per heavy atom. The van der Waals surface area contributed by atoms with Crippen LogP contribution in [-0.2, 0) is 7.05 Å². The smallest absolute Gasteiger partial charge is 0.125 e. The van der Waals surface area contributed by atoms with Crippen LogP contribution < -0.4 is 5.32 Å². The quantitative estimate of drug-likeness (QED) is 0.791. The second-order valence-corrected chi connectivity index (χ2v) is 4.89. The molecule has 6 nitrogen and oxygen atoms in total. The molecule has 0 amide bonds. The lowest BCUT2D eigenvalue weighted by Gasteiger charge is -2.18. The minimum absolute atomic E-state index is 0.0530. The van der Waals surface area contributed by atoms with Crippen LogP contribution in [0.4, 0.5) is 5.82 Å². The van der Waals surface area contributed by atoms with Gasteiger partial charge in [0.1, 0.15) is 17.5 Å². The van der Waals surface area contributed by atoms with Crippen molar-refractivity contribution in [1.29, 1.82) is 0 Å². The maximum absolute atomic E-state index is 4.35. The minimum atomic E-state index is 0.0530. The van der Waals surface area contributed by atoms with Crippen LogP contribution >= 0.6 is 0 Å². The van der Waals surface area contributed by atoms with E-state index >= 15 is 0 Å². The fraction of sp³-hybridized carbons (Fsp3) is 0.357. The van der Waals surface area contributed by atoms with Crippen molar-refractivity contribution in [1.82, 2.24) is 24.8 Å². The van der Waals surface area contributed by atoms with E-state index in [1.807, 2.05) is 53.7 Å². The van der Waals surface area contributed by atoms with Crippen molar-refractivity contribution in [2.24, 2.45) is 7.05 Å². The Hall–Kier alpha value is -2.37. The van der Waals surface area contributed by atoms with Crippen LogP contribution in [0.25, 0.3) is 11.0 Å². The number of aryl methyl sites for hydroxylation is 2. The Morgan fingerprint density at radius 1 is 1.30 bits per heavy atom. The van der Waals surface area contributed by atoms with Gasteiger partial charge < -0.3 is 5.32 Å². The first-order valence-corrected chi connectivity index (χ1v) is 6.76. The number of anilines is 1. The molecule has 1 atom stereocenters. The summed E-state index contributed by atoms with van der Waals surface area (Å²) in [5.74, 6) is 0.980. The van der Waals surface area contributed by atoms with Gasteiger partial charge in [-0.3, -0.25) is 4.68 Å². The average Bonchev–Trinajstić information content (AvgIpc) is 3.00. The molecular formula is C14H18N6. The molecule has 2 heterocycles. The lowest BCUT2D eigenvalue weighted by molar-refractivity contribution is 0.485. The van der Waals surface area contributed by atoms with E-state index in [9.17, 15) is 0 Å². The van der Waals surface area contributed by atoms with Gasteiger partial charge in [-0.1, -0.05) is 24.3 Å². The van der Waals surface area contributed by atoms with Crippen molar-refractivity contribution in [2.75, 3.05) is 5.32 Å². The van der Waals surface area contributed by atoms with E-state index in [1.54, 1.807) is 0 Å². The second kappa shape index (κ2) is 4.96. The fourth-order valence-electron chi connectivity index (χ4n) is 2.37. The van der Waals surface area contributed by atoms with Gasteiger partial charge in [-0.25, -0.2) is 4.68 Å². The highest BCUT2D eigenvalue weighted by Crippen LogP contribution is 2.20. The number of rotatable bonds is 4. The Bertz CT molecular complexity index is 726. The van der Waals surface area contributed by atoms with Gasteiger partial charge in [-0.2, -0.15) is 5.10 Å². The zero-order valence-corrected chi connectivity index (χ0v) is 11.9. The molecule has 1 unspecified atom stereocenters. The van der Waals surface area contributed by atoms with E-state index in [4.69, 9.17) is 0 Å². The highest BCUT2D eigenvalue weighted by molar-refractivity contribution is 5.74. The maximum Gasteiger partial charge on any atom is 0.125 e. The summed E-state index contributed by atoms with van der Waals surface area (Å²) in [5, 5.41) is 16.3. The zero-order chi connectivity index (χ0) is 14.1. The molecule has 1 aromatic carbocycles. The largest absolute Gasteiger partial charge is 0.349 e. The van der Waals surface area contributed by atoms with E-state index in [0.717, 1.165) is 29.0 Å². The first kappa shape index (κ1) is 12.7. The predicted molar refractivity (Wildman–Crippen MR) is 78.4 cm³/mol. The van der Waals surface area contributed by atoms with Crippen LogP contribution in [0.1, 0.15) is 25.2 Å². The molecule has 0 aliphatic carbocycles. The molecule has 20 heavy (non-hydrogen) atoms. The molecule has 3 aromatic rings. The summed E-state index contributed by atoms with van der Waals surface area (Å²) in [4.78, 5) is 0. The van der Waals surface area contributed by atoms with Crippen LogP contribution in [0.5, 0.6) is 0 Å². The predicted octanol–water partition coefficient (Wildman–Crippen LogP) is 2.49. The van der Waals surface area contributed by atoms with E-state index < -0.39 is 0 Å². The summed E-state index contributed by atoms with van der Waals surface area (Å²) >= 11 is 0. The van der Waals surface area contributed by atoms with Crippen LogP contribution in [-0.4, -0.2) is 24.8 Å². The Labute approximate surface area is 117 Å². The van der Waals surface area contributed by atoms with Gasteiger partial charge in [0, 0.05) is 13.1 Å². The summed E-state index contributed by atoms with van der Waals surface area (Å²) in [7, 11) is 1.93. The maximum atomic E-state index is 4.35. The zero-order valence-electron chi connectivity index (χ0n) is 11.9. The number of fused-ring (bicyclic) bond motifs is 1. The summed E-state index contributed by atoms with van der Waals surface area (Å²) in [5.41, 5.74) is 2.94. The SMILES string of the molecule is CCC(Nc1cc(C)nn1C)n1nnc2ccccc21. The molecule has 104 valence electrons. The van der Waals surface area contributed by atoms with Gasteiger partial charge in [0.15, 0.2) is 0 Å². The molecule has 6 heteroatoms. The van der Waals surface area contributed by atoms with Gasteiger partial charge in [-0.05, 0) is 25.5 Å². The van der Waals surface area contributed by atoms with Crippen LogP contribution in [0.3, 0.4) is 0 Å². The molecule has 3 rings (SSSR count). The highest BCUT2D eigenvalue weighted by atomic mass is 15.5. The molecule has 0 spiro atoms. The number of aromatic nitrogens is 5. The highest BCUT2D eigenvalue weighted by Gasteiger charge is 2.15. The van der Waals surface area contributed by atoms with Gasteiger partial charge in [0.2, 0.25) is 0 Å². The molecular weight excluding hydrogens is 252 g/mol. The summed E-state index contributed by atoms with van der Waals surface area (Å²) in [6, 6.07) is 10.0. The van der Waals surface area contributed by atoms with Gasteiger partial charge in [0.25, 0.3) is 0 Å². The molecule has 0 radical (unpaired) electrons. The molecule has 2 aromatic heterocycles. The summed E-state index contributed by atoms with van der Waals surface area (Å²) < 4.78 is 3.77. The van der Waals surface area contributed by atoms with Crippen molar-refractivity contribution in [3.8, 4) is 0 Å². The van der Waals surface area contributed by atoms with Crippen molar-refractivity contribution in [2.45, 2.75) is 26.4 Å². The minimum Gasteiger partial charge on any atom is -0.349 e. The monoisotopic (exact) mass is 270 g/mol. The average molecular weight is 270 g/mol. The molecule has 0 bridgehead atoms. The van der Waals surface area contributed by atoms with Gasteiger partial charge in [-0.15, -0.1) is 5.10 Å². The number of nitrogens with zero attached hydrogens (tertiary/aromatic N) is 5. The van der Waals surface area contributed by atoms with Gasteiger partial charge in [0.05, 0.1) is 11.2 Å². The fourth-order valence-corrected chi connectivity index (χ4v) is 2.37. The van der Waals surface area contributed by atoms with Gasteiger partial charge >= 0.3 is 0 Å². The van der Waals surface area contributed by atoms with E-state index in [-0.39, 0.29) is 6.17 Å². The third-order valence-corrected chi connectivity index (χ3v) is 3.38. The molecule has 0 saturated carbocycles. The van der Waals surface area contributed by atoms with Crippen molar-refractivity contribution >= 4 is 16.9 Å². The van der Waals surface area contributed by atoms with Crippen molar-refractivity contribution < 1.29 is 0 Å². The van der Waals surface area contributed by atoms with E-state index in [2.05, 4.69) is 27.7 Å². The normalized spacial score (nSPS) is 12.8. The first-order valence-electron chi connectivity index (χ1n) is 6.76. The van der Waals surface area contributed by atoms with Crippen LogP contribution in [0.15, 0.2) is 30.3 Å². The summed E-state index contributed by atoms with van der Waals surface area (Å²) in [6.45, 7) is 4.11. The third-order valence-electron chi connectivity index (χ3n) is 3.38. The lowest BCUT2D eigenvalue weighted by atomic mass is 10.3. The Kier molecular flexibility index (Phi) is 3.14. The number of benzene rings is 1.